The molecular formula is C13H18FNO2. The van der Waals surface area contributed by atoms with Crippen molar-refractivity contribution in [3.63, 3.8) is 0 Å². The molecule has 0 aromatic heterocycles. The lowest BCUT2D eigenvalue weighted by molar-refractivity contribution is -0.143. The molecule has 0 aliphatic carbocycles. The fourth-order valence-corrected chi connectivity index (χ4v) is 1.50. The molecule has 0 aliphatic heterocycles. The number of hydrogen-bond donors (Lipinski definition) is 1. The third-order valence-corrected chi connectivity index (χ3v) is 2.38. The SMILES string of the molecule is COC(=O)C(NCC(C)C)c1ccccc1F. The summed E-state index contributed by atoms with van der Waals surface area (Å²) < 4.78 is 18.3. The van der Waals surface area contributed by atoms with Gasteiger partial charge in [0.25, 0.3) is 0 Å². The van der Waals surface area contributed by atoms with Crippen LogP contribution in [-0.4, -0.2) is 19.6 Å². The van der Waals surface area contributed by atoms with Crippen molar-refractivity contribution in [2.75, 3.05) is 13.7 Å². The molecule has 0 saturated heterocycles. The van der Waals surface area contributed by atoms with E-state index in [2.05, 4.69) is 10.1 Å². The van der Waals surface area contributed by atoms with Crippen LogP contribution in [0.1, 0.15) is 25.5 Å². The van der Waals surface area contributed by atoms with Crippen molar-refractivity contribution >= 4 is 5.97 Å². The number of benzene rings is 1. The van der Waals surface area contributed by atoms with Gasteiger partial charge in [-0.05, 0) is 18.5 Å². The molecule has 0 heterocycles. The van der Waals surface area contributed by atoms with E-state index in [0.717, 1.165) is 0 Å². The van der Waals surface area contributed by atoms with Crippen molar-refractivity contribution in [1.29, 1.82) is 0 Å². The van der Waals surface area contributed by atoms with E-state index < -0.39 is 17.8 Å². The van der Waals surface area contributed by atoms with Gasteiger partial charge in [0, 0.05) is 5.56 Å². The largest absolute Gasteiger partial charge is 0.468 e. The van der Waals surface area contributed by atoms with Gasteiger partial charge in [-0.3, -0.25) is 0 Å². The molecule has 1 aromatic rings. The Morgan fingerprint density at radius 3 is 2.59 bits per heavy atom. The molecule has 1 rings (SSSR count). The molecular weight excluding hydrogens is 221 g/mol. The Morgan fingerprint density at radius 1 is 1.41 bits per heavy atom. The van der Waals surface area contributed by atoms with Crippen LogP contribution in [0.15, 0.2) is 24.3 Å². The van der Waals surface area contributed by atoms with E-state index in [1.165, 1.54) is 13.2 Å². The van der Waals surface area contributed by atoms with Crippen LogP contribution in [0.3, 0.4) is 0 Å². The van der Waals surface area contributed by atoms with Gasteiger partial charge in [0.05, 0.1) is 7.11 Å². The third-order valence-electron chi connectivity index (χ3n) is 2.38. The van der Waals surface area contributed by atoms with E-state index in [1.807, 2.05) is 13.8 Å². The average Bonchev–Trinajstić information content (AvgIpc) is 2.30. The molecule has 0 fully saturated rings. The van der Waals surface area contributed by atoms with Crippen LogP contribution >= 0.6 is 0 Å². The molecule has 3 nitrogen and oxygen atoms in total. The van der Waals surface area contributed by atoms with Gasteiger partial charge < -0.3 is 10.1 Å². The summed E-state index contributed by atoms with van der Waals surface area (Å²) in [4.78, 5) is 11.6. The van der Waals surface area contributed by atoms with Gasteiger partial charge >= 0.3 is 5.97 Å². The number of ether oxygens (including phenoxy) is 1. The number of nitrogens with one attached hydrogen (secondary N) is 1. The maximum Gasteiger partial charge on any atom is 0.327 e. The number of carbonyl (C=O) groups excluding carboxylic acids is 1. The lowest BCUT2D eigenvalue weighted by Crippen LogP contribution is -2.32. The molecule has 4 heteroatoms. The quantitative estimate of drug-likeness (QED) is 0.801. The third kappa shape index (κ3) is 3.82. The molecule has 94 valence electrons. The minimum absolute atomic E-state index is 0.319. The Labute approximate surface area is 101 Å². The first-order valence-corrected chi connectivity index (χ1v) is 5.62. The molecule has 1 atom stereocenters. The maximum absolute atomic E-state index is 13.6. The topological polar surface area (TPSA) is 38.3 Å². The molecule has 1 unspecified atom stereocenters. The van der Waals surface area contributed by atoms with Crippen molar-refractivity contribution in [3.8, 4) is 0 Å². The predicted octanol–water partition coefficient (Wildman–Crippen LogP) is 2.29. The van der Waals surface area contributed by atoms with Gasteiger partial charge in [-0.2, -0.15) is 0 Å². The Hall–Kier alpha value is -1.42. The van der Waals surface area contributed by atoms with E-state index in [4.69, 9.17) is 0 Å². The summed E-state index contributed by atoms with van der Waals surface area (Å²) >= 11 is 0. The van der Waals surface area contributed by atoms with E-state index in [-0.39, 0.29) is 0 Å². The van der Waals surface area contributed by atoms with Gasteiger partial charge in [-0.1, -0.05) is 32.0 Å². The van der Waals surface area contributed by atoms with Gasteiger partial charge in [0.15, 0.2) is 0 Å². The number of methoxy groups -OCH3 is 1. The normalized spacial score (nSPS) is 12.5. The summed E-state index contributed by atoms with van der Waals surface area (Å²) in [5.41, 5.74) is 0.319. The first kappa shape index (κ1) is 13.6. The lowest BCUT2D eigenvalue weighted by atomic mass is 10.1. The highest BCUT2D eigenvalue weighted by Crippen LogP contribution is 2.18. The Bertz CT molecular complexity index is 379. The van der Waals surface area contributed by atoms with Crippen LogP contribution in [0, 0.1) is 11.7 Å². The fourth-order valence-electron chi connectivity index (χ4n) is 1.50. The first-order chi connectivity index (χ1) is 8.06. The average molecular weight is 239 g/mol. The highest BCUT2D eigenvalue weighted by atomic mass is 19.1. The summed E-state index contributed by atoms with van der Waals surface area (Å²) in [6.45, 7) is 4.65. The molecule has 0 amide bonds. The van der Waals surface area contributed by atoms with Crippen LogP contribution < -0.4 is 5.32 Å². The summed E-state index contributed by atoms with van der Waals surface area (Å²) in [5, 5.41) is 3.01. The zero-order chi connectivity index (χ0) is 12.8. The Kier molecular flexibility index (Phi) is 5.10. The second kappa shape index (κ2) is 6.35. The number of carbonyl (C=O) groups is 1. The molecule has 0 aliphatic rings. The summed E-state index contributed by atoms with van der Waals surface area (Å²) in [7, 11) is 1.30. The minimum Gasteiger partial charge on any atom is -0.468 e. The maximum atomic E-state index is 13.6. The smallest absolute Gasteiger partial charge is 0.327 e. The van der Waals surface area contributed by atoms with E-state index >= 15 is 0 Å². The molecule has 1 N–H and O–H groups in total. The zero-order valence-corrected chi connectivity index (χ0v) is 10.4. The molecule has 0 radical (unpaired) electrons. The highest BCUT2D eigenvalue weighted by molar-refractivity contribution is 5.77. The highest BCUT2D eigenvalue weighted by Gasteiger charge is 2.23. The van der Waals surface area contributed by atoms with Gasteiger partial charge in [0.2, 0.25) is 0 Å². The predicted molar refractivity (Wildman–Crippen MR) is 64.0 cm³/mol. The Balaban J connectivity index is 2.90. The van der Waals surface area contributed by atoms with Crippen LogP contribution in [0.4, 0.5) is 4.39 Å². The molecule has 0 saturated carbocycles. The van der Waals surface area contributed by atoms with E-state index in [0.29, 0.717) is 18.0 Å². The monoisotopic (exact) mass is 239 g/mol. The second-order valence-electron chi connectivity index (χ2n) is 4.28. The van der Waals surface area contributed by atoms with E-state index in [1.54, 1.807) is 18.2 Å². The van der Waals surface area contributed by atoms with Crippen molar-refractivity contribution in [2.24, 2.45) is 5.92 Å². The summed E-state index contributed by atoms with van der Waals surface area (Å²) in [5.74, 6) is -0.510. The lowest BCUT2D eigenvalue weighted by Gasteiger charge is -2.18. The van der Waals surface area contributed by atoms with Crippen molar-refractivity contribution in [1.82, 2.24) is 5.32 Å². The standard InChI is InChI=1S/C13H18FNO2/c1-9(2)8-15-12(13(16)17-3)10-6-4-5-7-11(10)14/h4-7,9,12,15H,8H2,1-3H3. The first-order valence-electron chi connectivity index (χ1n) is 5.62. The van der Waals surface area contributed by atoms with Crippen LogP contribution in [0.2, 0.25) is 0 Å². The van der Waals surface area contributed by atoms with Crippen LogP contribution in [0.25, 0.3) is 0 Å². The van der Waals surface area contributed by atoms with Crippen molar-refractivity contribution < 1.29 is 13.9 Å². The van der Waals surface area contributed by atoms with E-state index in [9.17, 15) is 9.18 Å². The van der Waals surface area contributed by atoms with Crippen LogP contribution in [0.5, 0.6) is 0 Å². The molecule has 17 heavy (non-hydrogen) atoms. The number of hydrogen-bond acceptors (Lipinski definition) is 3. The zero-order valence-electron chi connectivity index (χ0n) is 10.4. The number of halogens is 1. The Morgan fingerprint density at radius 2 is 2.06 bits per heavy atom. The summed E-state index contributed by atoms with van der Waals surface area (Å²) in [6, 6.07) is 5.47. The summed E-state index contributed by atoms with van der Waals surface area (Å²) in [6.07, 6.45) is 0. The van der Waals surface area contributed by atoms with Gasteiger partial charge in [0.1, 0.15) is 11.9 Å². The number of rotatable bonds is 5. The fraction of sp³-hybridized carbons (Fsp3) is 0.462. The van der Waals surface area contributed by atoms with Crippen molar-refractivity contribution in [3.05, 3.63) is 35.6 Å². The minimum atomic E-state index is -0.747. The molecule has 0 bridgehead atoms. The number of esters is 1. The molecule has 0 spiro atoms. The van der Waals surface area contributed by atoms with Gasteiger partial charge in [-0.25, -0.2) is 9.18 Å². The molecule has 1 aromatic carbocycles. The van der Waals surface area contributed by atoms with Gasteiger partial charge in [-0.15, -0.1) is 0 Å². The van der Waals surface area contributed by atoms with Crippen molar-refractivity contribution in [2.45, 2.75) is 19.9 Å². The van der Waals surface area contributed by atoms with Crippen LogP contribution in [-0.2, 0) is 9.53 Å². The second-order valence-corrected chi connectivity index (χ2v) is 4.28.